The summed E-state index contributed by atoms with van der Waals surface area (Å²) in [5.74, 6) is 0.405. The number of carbonyl (C=O) groups excluding carboxylic acids is 1. The van der Waals surface area contributed by atoms with Crippen LogP contribution < -0.4 is 9.47 Å². The molecule has 0 aliphatic rings. The van der Waals surface area contributed by atoms with E-state index in [1.807, 2.05) is 36.4 Å². The molecule has 0 amide bonds. The summed E-state index contributed by atoms with van der Waals surface area (Å²) in [5.41, 5.74) is 1.67. The lowest BCUT2D eigenvalue weighted by molar-refractivity contribution is -0.141. The van der Waals surface area contributed by atoms with Gasteiger partial charge in [-0.05, 0) is 23.3 Å². The fraction of sp³-hybridized carbons (Fsp3) is 0.235. The van der Waals surface area contributed by atoms with Crippen LogP contribution in [0.1, 0.15) is 17.0 Å². The van der Waals surface area contributed by atoms with Gasteiger partial charge in [0.15, 0.2) is 11.5 Å². The summed E-state index contributed by atoms with van der Waals surface area (Å²) in [6.07, 6.45) is 0. The first-order valence-corrected chi connectivity index (χ1v) is 6.56. The molecule has 0 heterocycles. The Labute approximate surface area is 124 Å². The van der Waals surface area contributed by atoms with Crippen molar-refractivity contribution >= 4 is 5.97 Å². The Balaban J connectivity index is 2.49. The van der Waals surface area contributed by atoms with Crippen molar-refractivity contribution in [2.24, 2.45) is 0 Å². The highest BCUT2D eigenvalue weighted by Gasteiger charge is 2.24. The first kappa shape index (κ1) is 14.9. The van der Waals surface area contributed by atoms with E-state index in [0.29, 0.717) is 11.5 Å². The lowest BCUT2D eigenvalue weighted by Crippen LogP contribution is -2.15. The van der Waals surface area contributed by atoms with Crippen molar-refractivity contribution in [1.29, 1.82) is 0 Å². The molecule has 4 heteroatoms. The normalized spacial score (nSPS) is 11.6. The molecule has 2 aromatic carbocycles. The van der Waals surface area contributed by atoms with Crippen molar-refractivity contribution in [3.63, 3.8) is 0 Å². The molecule has 4 nitrogen and oxygen atoms in total. The Kier molecular flexibility index (Phi) is 4.82. The predicted octanol–water partition coefficient (Wildman–Crippen LogP) is 3.01. The fourth-order valence-electron chi connectivity index (χ4n) is 2.26. The number of carbonyl (C=O) groups is 1. The van der Waals surface area contributed by atoms with E-state index in [4.69, 9.17) is 14.2 Å². The standard InChI is InChI=1S/C17H18O4/c1-19-14-10-9-13(11-15(14)20-2)16(17(18)21-3)12-7-5-4-6-8-12/h4-11,16H,1-3H3. The summed E-state index contributed by atoms with van der Waals surface area (Å²) < 4.78 is 15.5. The van der Waals surface area contributed by atoms with Gasteiger partial charge in [0.2, 0.25) is 0 Å². The van der Waals surface area contributed by atoms with Gasteiger partial charge in [-0.3, -0.25) is 4.79 Å². The number of benzene rings is 2. The molecule has 0 saturated heterocycles. The SMILES string of the molecule is COC(=O)C(c1ccccc1)c1ccc(OC)c(OC)c1. The van der Waals surface area contributed by atoms with Crippen LogP contribution in [0.2, 0.25) is 0 Å². The second-order valence-corrected chi connectivity index (χ2v) is 4.48. The molecule has 0 N–H and O–H groups in total. The van der Waals surface area contributed by atoms with Crippen molar-refractivity contribution in [2.45, 2.75) is 5.92 Å². The van der Waals surface area contributed by atoms with Gasteiger partial charge < -0.3 is 14.2 Å². The molecule has 0 fully saturated rings. The molecular formula is C17H18O4. The topological polar surface area (TPSA) is 44.8 Å². The molecule has 0 spiro atoms. The van der Waals surface area contributed by atoms with Gasteiger partial charge in [0.25, 0.3) is 0 Å². The largest absolute Gasteiger partial charge is 0.493 e. The summed E-state index contributed by atoms with van der Waals surface area (Å²) in [4.78, 5) is 12.2. The zero-order valence-electron chi connectivity index (χ0n) is 12.3. The van der Waals surface area contributed by atoms with Crippen LogP contribution in [0.3, 0.4) is 0 Å². The second kappa shape index (κ2) is 6.79. The molecular weight excluding hydrogens is 268 g/mol. The van der Waals surface area contributed by atoms with Gasteiger partial charge in [0.05, 0.1) is 21.3 Å². The number of hydrogen-bond donors (Lipinski definition) is 0. The molecule has 0 aliphatic heterocycles. The Morgan fingerprint density at radius 3 is 2.10 bits per heavy atom. The van der Waals surface area contributed by atoms with Gasteiger partial charge >= 0.3 is 5.97 Å². The van der Waals surface area contributed by atoms with E-state index in [9.17, 15) is 4.79 Å². The van der Waals surface area contributed by atoms with Crippen LogP contribution in [0, 0.1) is 0 Å². The van der Waals surface area contributed by atoms with E-state index >= 15 is 0 Å². The minimum atomic E-state index is -0.490. The minimum absolute atomic E-state index is 0.312. The quantitative estimate of drug-likeness (QED) is 0.793. The summed E-state index contributed by atoms with van der Waals surface area (Å²) in [6.45, 7) is 0. The van der Waals surface area contributed by atoms with Gasteiger partial charge in [0.1, 0.15) is 5.92 Å². The number of rotatable bonds is 5. The second-order valence-electron chi connectivity index (χ2n) is 4.48. The average Bonchev–Trinajstić information content (AvgIpc) is 2.55. The maximum Gasteiger partial charge on any atom is 0.317 e. The van der Waals surface area contributed by atoms with Crippen LogP contribution in [0.25, 0.3) is 0 Å². The Hall–Kier alpha value is -2.49. The maximum absolute atomic E-state index is 12.2. The van der Waals surface area contributed by atoms with Crippen molar-refractivity contribution in [1.82, 2.24) is 0 Å². The first-order chi connectivity index (χ1) is 10.2. The number of hydrogen-bond acceptors (Lipinski definition) is 4. The molecule has 0 bridgehead atoms. The van der Waals surface area contributed by atoms with Gasteiger partial charge in [-0.25, -0.2) is 0 Å². The van der Waals surface area contributed by atoms with E-state index < -0.39 is 5.92 Å². The highest BCUT2D eigenvalue weighted by atomic mass is 16.5. The van der Waals surface area contributed by atoms with Crippen molar-refractivity contribution in [3.8, 4) is 11.5 Å². The van der Waals surface area contributed by atoms with Crippen LogP contribution in [-0.2, 0) is 9.53 Å². The van der Waals surface area contributed by atoms with Crippen molar-refractivity contribution < 1.29 is 19.0 Å². The molecule has 1 atom stereocenters. The van der Waals surface area contributed by atoms with Gasteiger partial charge in [-0.1, -0.05) is 36.4 Å². The highest BCUT2D eigenvalue weighted by Crippen LogP contribution is 2.33. The van der Waals surface area contributed by atoms with E-state index in [-0.39, 0.29) is 5.97 Å². The van der Waals surface area contributed by atoms with Gasteiger partial charge in [-0.2, -0.15) is 0 Å². The maximum atomic E-state index is 12.2. The monoisotopic (exact) mass is 286 g/mol. The fourth-order valence-corrected chi connectivity index (χ4v) is 2.26. The van der Waals surface area contributed by atoms with Crippen LogP contribution in [0.5, 0.6) is 11.5 Å². The lowest BCUT2D eigenvalue weighted by atomic mass is 9.91. The summed E-state index contributed by atoms with van der Waals surface area (Å²) in [5, 5.41) is 0. The number of esters is 1. The molecule has 110 valence electrons. The molecule has 21 heavy (non-hydrogen) atoms. The zero-order chi connectivity index (χ0) is 15.2. The van der Waals surface area contributed by atoms with E-state index in [0.717, 1.165) is 11.1 Å². The molecule has 0 radical (unpaired) electrons. The van der Waals surface area contributed by atoms with Gasteiger partial charge in [0, 0.05) is 0 Å². The molecule has 0 aromatic heterocycles. The van der Waals surface area contributed by atoms with Crippen LogP contribution in [0.15, 0.2) is 48.5 Å². The van der Waals surface area contributed by atoms with E-state index in [2.05, 4.69) is 0 Å². The summed E-state index contributed by atoms with van der Waals surface area (Å²) in [6, 6.07) is 14.9. The van der Waals surface area contributed by atoms with E-state index in [1.54, 1.807) is 26.4 Å². The van der Waals surface area contributed by atoms with Crippen molar-refractivity contribution in [2.75, 3.05) is 21.3 Å². The average molecular weight is 286 g/mol. The van der Waals surface area contributed by atoms with Crippen LogP contribution >= 0.6 is 0 Å². The molecule has 2 rings (SSSR count). The third kappa shape index (κ3) is 3.16. The van der Waals surface area contributed by atoms with Crippen LogP contribution in [-0.4, -0.2) is 27.3 Å². The number of ether oxygens (including phenoxy) is 3. The Morgan fingerprint density at radius 2 is 1.52 bits per heavy atom. The third-order valence-electron chi connectivity index (χ3n) is 3.31. The van der Waals surface area contributed by atoms with Crippen molar-refractivity contribution in [3.05, 3.63) is 59.7 Å². The molecule has 1 unspecified atom stereocenters. The Bertz CT molecular complexity index is 607. The number of methoxy groups -OCH3 is 3. The van der Waals surface area contributed by atoms with Gasteiger partial charge in [-0.15, -0.1) is 0 Å². The minimum Gasteiger partial charge on any atom is -0.493 e. The highest BCUT2D eigenvalue weighted by molar-refractivity contribution is 5.82. The Morgan fingerprint density at radius 1 is 0.857 bits per heavy atom. The summed E-state index contributed by atoms with van der Waals surface area (Å²) >= 11 is 0. The predicted molar refractivity (Wildman–Crippen MR) is 79.8 cm³/mol. The molecule has 2 aromatic rings. The van der Waals surface area contributed by atoms with Crippen LogP contribution in [0.4, 0.5) is 0 Å². The third-order valence-corrected chi connectivity index (χ3v) is 3.31. The van der Waals surface area contributed by atoms with E-state index in [1.165, 1.54) is 7.11 Å². The molecule has 0 aliphatic carbocycles. The lowest BCUT2D eigenvalue weighted by Gasteiger charge is -2.17. The molecule has 0 saturated carbocycles. The summed E-state index contributed by atoms with van der Waals surface area (Å²) in [7, 11) is 4.53. The smallest absolute Gasteiger partial charge is 0.317 e. The zero-order valence-corrected chi connectivity index (χ0v) is 12.3. The first-order valence-electron chi connectivity index (χ1n) is 6.56.